The van der Waals surface area contributed by atoms with Crippen molar-refractivity contribution in [2.75, 3.05) is 18.0 Å². The lowest BCUT2D eigenvalue weighted by molar-refractivity contribution is -0.185. The number of rotatable bonds is 4. The fraction of sp³-hybridized carbons (Fsp3) is 0.435. The quantitative estimate of drug-likeness (QED) is 0.467. The number of nitrogens with one attached hydrogen (secondary N) is 1. The molecule has 1 aliphatic heterocycles. The van der Waals surface area contributed by atoms with E-state index in [1.54, 1.807) is 19.1 Å². The van der Waals surface area contributed by atoms with Crippen molar-refractivity contribution in [1.29, 1.82) is 0 Å². The molecule has 1 heterocycles. The number of hydrogen-bond acceptors (Lipinski definition) is 2. The second kappa shape index (κ2) is 8.94. The molecule has 1 fully saturated rings. The van der Waals surface area contributed by atoms with Gasteiger partial charge in [-0.05, 0) is 54.8 Å². The minimum absolute atomic E-state index is 0.157. The molecule has 0 aliphatic carbocycles. The molecule has 1 unspecified atom stereocenters. The van der Waals surface area contributed by atoms with Crippen LogP contribution in [0.3, 0.4) is 0 Å². The zero-order valence-corrected chi connectivity index (χ0v) is 18.5. The standard InChI is InChI=1S/C23H21F9N2O/c1-13(33-14(2)35)15-3-5-19(6-4-15)34-8-7-20(12-34,23(30,31)32)16-9-17(21(24,25)26)11-18(10-16)22(27,28)29/h3-6,9-11,13H,7-8,12H2,1-2H3,(H,33,35)/t13?,20-/m1/s1. The third-order valence-electron chi connectivity index (χ3n) is 6.13. The number of nitrogens with zero attached hydrogens (tertiary/aromatic N) is 1. The topological polar surface area (TPSA) is 32.3 Å². The second-order valence-electron chi connectivity index (χ2n) is 8.56. The van der Waals surface area contributed by atoms with Gasteiger partial charge in [-0.15, -0.1) is 0 Å². The molecule has 0 radical (unpaired) electrons. The first-order valence-electron chi connectivity index (χ1n) is 10.4. The minimum atomic E-state index is -5.26. The Kier molecular flexibility index (Phi) is 6.82. The second-order valence-corrected chi connectivity index (χ2v) is 8.56. The zero-order chi connectivity index (χ0) is 26.4. The van der Waals surface area contributed by atoms with Gasteiger partial charge in [0.05, 0.1) is 17.2 Å². The predicted molar refractivity (Wildman–Crippen MR) is 110 cm³/mol. The number of hydrogen-bond donors (Lipinski definition) is 1. The summed E-state index contributed by atoms with van der Waals surface area (Å²) in [6.07, 6.45) is -16.4. The number of anilines is 1. The molecule has 3 rings (SSSR count). The highest BCUT2D eigenvalue weighted by atomic mass is 19.4. The van der Waals surface area contributed by atoms with E-state index in [4.69, 9.17) is 0 Å². The first-order valence-corrected chi connectivity index (χ1v) is 10.4. The lowest BCUT2D eigenvalue weighted by Gasteiger charge is -2.33. The summed E-state index contributed by atoms with van der Waals surface area (Å²) in [5.41, 5.74) is -6.61. The molecule has 35 heavy (non-hydrogen) atoms. The first-order chi connectivity index (χ1) is 15.9. The third kappa shape index (κ3) is 5.51. The summed E-state index contributed by atoms with van der Waals surface area (Å²) in [5, 5.41) is 2.65. The van der Waals surface area contributed by atoms with Gasteiger partial charge in [0, 0.05) is 25.7 Å². The maximum absolute atomic E-state index is 14.3. The Morgan fingerprint density at radius 1 is 0.914 bits per heavy atom. The molecular formula is C23H21F9N2O. The highest BCUT2D eigenvalue weighted by Crippen LogP contribution is 2.50. The molecule has 1 amide bonds. The van der Waals surface area contributed by atoms with Gasteiger partial charge in [0.25, 0.3) is 0 Å². The molecule has 1 saturated heterocycles. The average molecular weight is 512 g/mol. The SMILES string of the molecule is CC(=O)NC(C)c1ccc(N2CC[C@@](c3cc(C(F)(F)F)cc(C(F)(F)F)c3)(C(F)(F)F)C2)cc1. The summed E-state index contributed by atoms with van der Waals surface area (Å²) in [6.45, 7) is 1.93. The summed E-state index contributed by atoms with van der Waals surface area (Å²) in [7, 11) is 0. The number of carbonyl (C=O) groups excluding carboxylic acids is 1. The predicted octanol–water partition coefficient (Wildman–Crippen LogP) is 6.63. The summed E-state index contributed by atoms with van der Waals surface area (Å²) in [5.74, 6) is -0.282. The van der Waals surface area contributed by atoms with Gasteiger partial charge in [0.1, 0.15) is 5.41 Å². The molecule has 1 N–H and O–H groups in total. The van der Waals surface area contributed by atoms with Crippen LogP contribution in [0.5, 0.6) is 0 Å². The van der Waals surface area contributed by atoms with Crippen molar-refractivity contribution in [2.24, 2.45) is 0 Å². The molecule has 0 bridgehead atoms. The van der Waals surface area contributed by atoms with Crippen LogP contribution in [-0.2, 0) is 22.6 Å². The van der Waals surface area contributed by atoms with E-state index in [1.165, 1.54) is 24.0 Å². The molecular weight excluding hydrogens is 491 g/mol. The lowest BCUT2D eigenvalue weighted by Crippen LogP contribution is -2.45. The van der Waals surface area contributed by atoms with Gasteiger partial charge in [-0.3, -0.25) is 4.79 Å². The Balaban J connectivity index is 2.02. The van der Waals surface area contributed by atoms with Crippen LogP contribution >= 0.6 is 0 Å². The van der Waals surface area contributed by atoms with Crippen LogP contribution in [-0.4, -0.2) is 25.2 Å². The molecule has 12 heteroatoms. The monoisotopic (exact) mass is 512 g/mol. The third-order valence-corrected chi connectivity index (χ3v) is 6.13. The van der Waals surface area contributed by atoms with Crippen molar-refractivity contribution < 1.29 is 44.3 Å². The normalized spacial score (nSPS) is 20.1. The van der Waals surface area contributed by atoms with Crippen LogP contribution in [0, 0.1) is 0 Å². The average Bonchev–Trinajstić information content (AvgIpc) is 3.19. The van der Waals surface area contributed by atoms with Crippen LogP contribution in [0.15, 0.2) is 42.5 Å². The highest BCUT2D eigenvalue weighted by molar-refractivity contribution is 5.73. The van der Waals surface area contributed by atoms with E-state index in [1.807, 2.05) is 0 Å². The van der Waals surface area contributed by atoms with Gasteiger partial charge in [0.2, 0.25) is 5.91 Å². The van der Waals surface area contributed by atoms with Crippen LogP contribution in [0.4, 0.5) is 45.2 Å². The maximum Gasteiger partial charge on any atom is 0.416 e. The van der Waals surface area contributed by atoms with Crippen LogP contribution < -0.4 is 10.2 Å². The number of halogens is 9. The molecule has 0 saturated carbocycles. The van der Waals surface area contributed by atoms with Crippen LogP contribution in [0.1, 0.15) is 48.6 Å². The van der Waals surface area contributed by atoms with E-state index >= 15 is 0 Å². The van der Waals surface area contributed by atoms with Gasteiger partial charge in [-0.2, -0.15) is 39.5 Å². The summed E-state index contributed by atoms with van der Waals surface area (Å²) in [6, 6.07) is 5.90. The van der Waals surface area contributed by atoms with Gasteiger partial charge in [-0.1, -0.05) is 12.1 Å². The molecule has 2 atom stereocenters. The Morgan fingerprint density at radius 3 is 1.86 bits per heavy atom. The van der Waals surface area contributed by atoms with E-state index in [2.05, 4.69) is 5.32 Å². The number of amides is 1. The van der Waals surface area contributed by atoms with E-state index in [0.717, 1.165) is 0 Å². The Morgan fingerprint density at radius 2 is 1.43 bits per heavy atom. The summed E-state index contributed by atoms with van der Waals surface area (Å²) < 4.78 is 123. The largest absolute Gasteiger partial charge is 0.416 e. The fourth-order valence-corrected chi connectivity index (χ4v) is 4.25. The Hall–Kier alpha value is -2.92. The molecule has 3 nitrogen and oxygen atoms in total. The van der Waals surface area contributed by atoms with Gasteiger partial charge < -0.3 is 10.2 Å². The maximum atomic E-state index is 14.3. The molecule has 2 aromatic rings. The van der Waals surface area contributed by atoms with E-state index in [0.29, 0.717) is 11.3 Å². The summed E-state index contributed by atoms with van der Waals surface area (Å²) in [4.78, 5) is 12.5. The molecule has 0 aromatic heterocycles. The van der Waals surface area contributed by atoms with E-state index in [9.17, 15) is 44.3 Å². The van der Waals surface area contributed by atoms with Crippen molar-refractivity contribution in [3.05, 3.63) is 64.7 Å². The van der Waals surface area contributed by atoms with Crippen molar-refractivity contribution >= 4 is 11.6 Å². The molecule has 192 valence electrons. The molecule has 2 aromatic carbocycles. The minimum Gasteiger partial charge on any atom is -0.370 e. The molecule has 0 spiro atoms. The lowest BCUT2D eigenvalue weighted by atomic mass is 9.77. The number of benzene rings is 2. The number of alkyl halides is 9. The highest BCUT2D eigenvalue weighted by Gasteiger charge is 2.60. The van der Waals surface area contributed by atoms with Crippen molar-refractivity contribution in [3.8, 4) is 0 Å². The zero-order valence-electron chi connectivity index (χ0n) is 18.5. The van der Waals surface area contributed by atoms with Crippen LogP contribution in [0.25, 0.3) is 0 Å². The first kappa shape index (κ1) is 26.7. The number of carbonyl (C=O) groups is 1. The molecule has 1 aliphatic rings. The summed E-state index contributed by atoms with van der Waals surface area (Å²) >= 11 is 0. The van der Waals surface area contributed by atoms with Gasteiger partial charge >= 0.3 is 18.5 Å². The van der Waals surface area contributed by atoms with Gasteiger partial charge in [0.15, 0.2) is 0 Å². The smallest absolute Gasteiger partial charge is 0.370 e. The van der Waals surface area contributed by atoms with Crippen molar-refractivity contribution in [1.82, 2.24) is 5.32 Å². The fourth-order valence-electron chi connectivity index (χ4n) is 4.25. The Bertz CT molecular complexity index is 1040. The van der Waals surface area contributed by atoms with E-state index in [-0.39, 0.29) is 36.7 Å². The van der Waals surface area contributed by atoms with Crippen molar-refractivity contribution in [3.63, 3.8) is 0 Å². The van der Waals surface area contributed by atoms with Crippen LogP contribution in [0.2, 0.25) is 0 Å². The van der Waals surface area contributed by atoms with Crippen molar-refractivity contribution in [2.45, 2.75) is 50.3 Å². The van der Waals surface area contributed by atoms with Gasteiger partial charge in [-0.25, -0.2) is 0 Å². The Labute approximate surface area is 194 Å². The van der Waals surface area contributed by atoms with E-state index < -0.39 is 53.6 Å².